The number of hydrogen-bond donors (Lipinski definition) is 1. The van der Waals surface area contributed by atoms with E-state index in [-0.39, 0.29) is 5.91 Å². The lowest BCUT2D eigenvalue weighted by Crippen LogP contribution is -2.36. The highest BCUT2D eigenvalue weighted by molar-refractivity contribution is 5.79. The Kier molecular flexibility index (Phi) is 4.26. The maximum absolute atomic E-state index is 11.4. The molecule has 1 aliphatic heterocycles. The van der Waals surface area contributed by atoms with Crippen LogP contribution >= 0.6 is 0 Å². The van der Waals surface area contributed by atoms with E-state index in [2.05, 4.69) is 19.2 Å². The van der Waals surface area contributed by atoms with Crippen molar-refractivity contribution >= 4 is 5.91 Å². The fourth-order valence-electron chi connectivity index (χ4n) is 1.88. The molecule has 0 radical (unpaired) electrons. The quantitative estimate of drug-likeness (QED) is 0.712. The summed E-state index contributed by atoms with van der Waals surface area (Å²) in [5, 5.41) is 2.93. The molecule has 1 N–H and O–H groups in total. The molecule has 1 aliphatic rings. The number of hydrogen-bond acceptors (Lipinski definition) is 1. The van der Waals surface area contributed by atoms with E-state index in [0.717, 1.165) is 31.7 Å². The first-order valence-corrected chi connectivity index (χ1v) is 5.48. The summed E-state index contributed by atoms with van der Waals surface area (Å²) >= 11 is 0. The first-order chi connectivity index (χ1) is 6.20. The molecule has 2 heteroatoms. The molecule has 0 bridgehead atoms. The van der Waals surface area contributed by atoms with Crippen LogP contribution in [0.25, 0.3) is 0 Å². The van der Waals surface area contributed by atoms with Gasteiger partial charge in [0.1, 0.15) is 0 Å². The molecular formula is C11H21NO. The minimum absolute atomic E-state index is 0.287. The smallest absolute Gasteiger partial charge is 0.223 e. The molecule has 0 aromatic carbocycles. The van der Waals surface area contributed by atoms with Crippen molar-refractivity contribution in [3.63, 3.8) is 0 Å². The van der Waals surface area contributed by atoms with Crippen LogP contribution in [0.3, 0.4) is 0 Å². The summed E-state index contributed by atoms with van der Waals surface area (Å²) in [6.07, 6.45) is 5.81. The second-order valence-electron chi connectivity index (χ2n) is 4.45. The van der Waals surface area contributed by atoms with Gasteiger partial charge in [0.2, 0.25) is 5.91 Å². The second kappa shape index (κ2) is 5.25. The van der Waals surface area contributed by atoms with Crippen molar-refractivity contribution in [3.05, 3.63) is 0 Å². The molecule has 0 spiro atoms. The van der Waals surface area contributed by atoms with Gasteiger partial charge in [-0.05, 0) is 25.2 Å². The molecule has 2 nitrogen and oxygen atoms in total. The molecule has 1 atom stereocenters. The standard InChI is InChI=1S/C11H21NO/c1-9(2)5-3-6-10-7-4-8-12-11(10)13/h9-10H,3-8H2,1-2H3,(H,12,13). The van der Waals surface area contributed by atoms with Gasteiger partial charge in [0.25, 0.3) is 0 Å². The minimum atomic E-state index is 0.287. The van der Waals surface area contributed by atoms with Crippen LogP contribution in [0.15, 0.2) is 0 Å². The third kappa shape index (κ3) is 3.79. The SMILES string of the molecule is CC(C)CCCC1CCCNC1=O. The fraction of sp³-hybridized carbons (Fsp3) is 0.909. The van der Waals surface area contributed by atoms with E-state index in [1.807, 2.05) is 0 Å². The van der Waals surface area contributed by atoms with Crippen molar-refractivity contribution in [3.8, 4) is 0 Å². The number of rotatable bonds is 4. The topological polar surface area (TPSA) is 29.1 Å². The predicted molar refractivity (Wildman–Crippen MR) is 54.4 cm³/mol. The molecule has 1 unspecified atom stereocenters. The first-order valence-electron chi connectivity index (χ1n) is 5.48. The molecule has 13 heavy (non-hydrogen) atoms. The molecular weight excluding hydrogens is 162 g/mol. The van der Waals surface area contributed by atoms with Crippen molar-refractivity contribution in [2.75, 3.05) is 6.54 Å². The molecule has 1 fully saturated rings. The number of piperidine rings is 1. The lowest BCUT2D eigenvalue weighted by molar-refractivity contribution is -0.126. The molecule has 0 saturated carbocycles. The lowest BCUT2D eigenvalue weighted by Gasteiger charge is -2.21. The third-order valence-corrected chi connectivity index (χ3v) is 2.73. The summed E-state index contributed by atoms with van der Waals surface area (Å²) in [5.74, 6) is 1.37. The van der Waals surface area contributed by atoms with Crippen molar-refractivity contribution in [2.24, 2.45) is 11.8 Å². The van der Waals surface area contributed by atoms with Crippen LogP contribution in [0.2, 0.25) is 0 Å². The van der Waals surface area contributed by atoms with Gasteiger partial charge in [-0.25, -0.2) is 0 Å². The summed E-state index contributed by atoms with van der Waals surface area (Å²) in [6, 6.07) is 0. The summed E-state index contributed by atoms with van der Waals surface area (Å²) < 4.78 is 0. The highest BCUT2D eigenvalue weighted by atomic mass is 16.1. The maximum Gasteiger partial charge on any atom is 0.223 e. The zero-order valence-electron chi connectivity index (χ0n) is 8.81. The number of amides is 1. The summed E-state index contributed by atoms with van der Waals surface area (Å²) in [4.78, 5) is 11.4. The third-order valence-electron chi connectivity index (χ3n) is 2.73. The largest absolute Gasteiger partial charge is 0.356 e. The molecule has 0 aromatic heterocycles. The first kappa shape index (κ1) is 10.6. The lowest BCUT2D eigenvalue weighted by atomic mass is 9.91. The second-order valence-corrected chi connectivity index (χ2v) is 4.45. The predicted octanol–water partition coefficient (Wildman–Crippen LogP) is 2.34. The van der Waals surface area contributed by atoms with Gasteiger partial charge in [0, 0.05) is 12.5 Å². The van der Waals surface area contributed by atoms with E-state index in [1.165, 1.54) is 12.8 Å². The van der Waals surface area contributed by atoms with Gasteiger partial charge < -0.3 is 5.32 Å². The maximum atomic E-state index is 11.4. The molecule has 0 aliphatic carbocycles. The van der Waals surface area contributed by atoms with Gasteiger partial charge in [-0.1, -0.05) is 26.7 Å². The van der Waals surface area contributed by atoms with Crippen LogP contribution in [0.4, 0.5) is 0 Å². The highest BCUT2D eigenvalue weighted by Crippen LogP contribution is 2.19. The normalized spacial score (nSPS) is 23.3. The fourth-order valence-corrected chi connectivity index (χ4v) is 1.88. The highest BCUT2D eigenvalue weighted by Gasteiger charge is 2.20. The Morgan fingerprint density at radius 3 is 2.92 bits per heavy atom. The molecule has 0 aromatic rings. The van der Waals surface area contributed by atoms with E-state index >= 15 is 0 Å². The van der Waals surface area contributed by atoms with Gasteiger partial charge in [0.15, 0.2) is 0 Å². The van der Waals surface area contributed by atoms with E-state index in [0.29, 0.717) is 5.92 Å². The Hall–Kier alpha value is -0.530. The van der Waals surface area contributed by atoms with Crippen LogP contribution < -0.4 is 5.32 Å². The van der Waals surface area contributed by atoms with Crippen LogP contribution in [0.1, 0.15) is 46.0 Å². The average molecular weight is 183 g/mol. The Morgan fingerprint density at radius 1 is 1.54 bits per heavy atom. The molecule has 1 amide bonds. The summed E-state index contributed by atoms with van der Waals surface area (Å²) in [7, 11) is 0. The van der Waals surface area contributed by atoms with Crippen molar-refractivity contribution in [2.45, 2.75) is 46.0 Å². The van der Waals surface area contributed by atoms with Crippen molar-refractivity contribution in [1.82, 2.24) is 5.32 Å². The van der Waals surface area contributed by atoms with E-state index in [1.54, 1.807) is 0 Å². The van der Waals surface area contributed by atoms with E-state index in [9.17, 15) is 4.79 Å². The number of carbonyl (C=O) groups excluding carboxylic acids is 1. The van der Waals surface area contributed by atoms with Gasteiger partial charge in [0.05, 0.1) is 0 Å². The zero-order valence-corrected chi connectivity index (χ0v) is 8.81. The van der Waals surface area contributed by atoms with Crippen LogP contribution in [0, 0.1) is 11.8 Å². The molecule has 1 rings (SSSR count). The Bertz CT molecular complexity index is 165. The molecule has 1 heterocycles. The van der Waals surface area contributed by atoms with Crippen molar-refractivity contribution < 1.29 is 4.79 Å². The van der Waals surface area contributed by atoms with Crippen LogP contribution in [0.5, 0.6) is 0 Å². The average Bonchev–Trinajstić information content (AvgIpc) is 2.08. The minimum Gasteiger partial charge on any atom is -0.356 e. The Labute approximate surface area is 81.1 Å². The summed E-state index contributed by atoms with van der Waals surface area (Å²) in [5.41, 5.74) is 0. The van der Waals surface area contributed by atoms with Crippen LogP contribution in [-0.4, -0.2) is 12.5 Å². The zero-order chi connectivity index (χ0) is 9.68. The van der Waals surface area contributed by atoms with Gasteiger partial charge in [-0.15, -0.1) is 0 Å². The van der Waals surface area contributed by atoms with E-state index in [4.69, 9.17) is 0 Å². The van der Waals surface area contributed by atoms with Gasteiger partial charge in [-0.3, -0.25) is 4.79 Å². The van der Waals surface area contributed by atoms with Gasteiger partial charge in [-0.2, -0.15) is 0 Å². The van der Waals surface area contributed by atoms with Crippen molar-refractivity contribution in [1.29, 1.82) is 0 Å². The number of carbonyl (C=O) groups is 1. The molecule has 76 valence electrons. The Morgan fingerprint density at radius 2 is 2.31 bits per heavy atom. The van der Waals surface area contributed by atoms with Crippen LogP contribution in [-0.2, 0) is 4.79 Å². The monoisotopic (exact) mass is 183 g/mol. The summed E-state index contributed by atoms with van der Waals surface area (Å²) in [6.45, 7) is 5.36. The molecule has 1 saturated heterocycles. The van der Waals surface area contributed by atoms with Gasteiger partial charge >= 0.3 is 0 Å². The van der Waals surface area contributed by atoms with E-state index < -0.39 is 0 Å². The number of nitrogens with one attached hydrogen (secondary N) is 1. The Balaban J connectivity index is 2.15.